The molecule has 0 radical (unpaired) electrons. The van der Waals surface area contributed by atoms with Crippen LogP contribution in [0.5, 0.6) is 0 Å². The van der Waals surface area contributed by atoms with Crippen molar-refractivity contribution >= 4 is 5.97 Å². The highest BCUT2D eigenvalue weighted by Crippen LogP contribution is 2.41. The molecule has 3 aliphatic heterocycles. The molecule has 21 heavy (non-hydrogen) atoms. The third kappa shape index (κ3) is 1.53. The Morgan fingerprint density at radius 2 is 2.00 bits per heavy atom. The van der Waals surface area contributed by atoms with Gasteiger partial charge in [0.25, 0.3) is 5.56 Å². The first-order valence-electron chi connectivity index (χ1n) is 6.91. The number of aromatic nitrogens is 1. The molecular weight excluding hydrogens is 278 g/mol. The summed E-state index contributed by atoms with van der Waals surface area (Å²) in [6.45, 7) is 2.63. The first-order chi connectivity index (χ1) is 9.96. The molecule has 112 valence electrons. The van der Waals surface area contributed by atoms with E-state index < -0.39 is 17.4 Å². The summed E-state index contributed by atoms with van der Waals surface area (Å²) in [6, 6.07) is 1.65. The number of nitrogens with zero attached hydrogens (tertiary/aromatic N) is 1. The van der Waals surface area contributed by atoms with Crippen molar-refractivity contribution in [3.05, 3.63) is 33.2 Å². The lowest BCUT2D eigenvalue weighted by Gasteiger charge is -2.30. The van der Waals surface area contributed by atoms with Crippen LogP contribution in [-0.4, -0.2) is 28.9 Å². The third-order valence-corrected chi connectivity index (χ3v) is 4.48. The second-order valence-corrected chi connectivity index (χ2v) is 5.73. The lowest BCUT2D eigenvalue weighted by atomic mass is 9.89. The summed E-state index contributed by atoms with van der Waals surface area (Å²) in [4.78, 5) is 24.3. The van der Waals surface area contributed by atoms with Gasteiger partial charge in [-0.15, -0.1) is 0 Å². The molecule has 1 saturated heterocycles. The highest BCUT2D eigenvalue weighted by molar-refractivity contribution is 5.82. The zero-order chi connectivity index (χ0) is 14.8. The standard InChI is InChI=1S/C14H15NO6/c1-13(18)9-6-10-14(20-4-5-21-14)2-3-15(10)11(16)8(9)7-19-12(13)17/h6,18H,2-5,7H2,1H3. The molecule has 1 fully saturated rings. The molecule has 0 saturated carbocycles. The fourth-order valence-corrected chi connectivity index (χ4v) is 3.32. The van der Waals surface area contributed by atoms with Crippen LogP contribution in [0.4, 0.5) is 0 Å². The quantitative estimate of drug-likeness (QED) is 0.662. The van der Waals surface area contributed by atoms with Crippen molar-refractivity contribution in [2.75, 3.05) is 13.2 Å². The van der Waals surface area contributed by atoms with Gasteiger partial charge in [-0.1, -0.05) is 0 Å². The van der Waals surface area contributed by atoms with Gasteiger partial charge in [-0.05, 0) is 13.0 Å². The minimum Gasteiger partial charge on any atom is -0.458 e. The summed E-state index contributed by atoms with van der Waals surface area (Å²) in [5.74, 6) is -1.68. The average Bonchev–Trinajstić information content (AvgIpc) is 3.05. The van der Waals surface area contributed by atoms with Crippen LogP contribution in [0.2, 0.25) is 0 Å². The molecule has 1 spiro atoms. The fraction of sp³-hybridized carbons (Fsp3) is 0.571. The van der Waals surface area contributed by atoms with Crippen LogP contribution in [0.25, 0.3) is 0 Å². The Balaban J connectivity index is 1.98. The molecule has 1 aromatic rings. The Morgan fingerprint density at radius 1 is 1.29 bits per heavy atom. The molecule has 0 aromatic carbocycles. The Hall–Kier alpha value is -1.70. The minimum atomic E-state index is -1.83. The molecule has 1 unspecified atom stereocenters. The average molecular weight is 293 g/mol. The number of cyclic esters (lactones) is 1. The van der Waals surface area contributed by atoms with Gasteiger partial charge in [-0.3, -0.25) is 4.79 Å². The van der Waals surface area contributed by atoms with Crippen molar-refractivity contribution in [2.24, 2.45) is 0 Å². The van der Waals surface area contributed by atoms with E-state index in [1.807, 2.05) is 0 Å². The van der Waals surface area contributed by atoms with E-state index in [9.17, 15) is 14.7 Å². The van der Waals surface area contributed by atoms with E-state index in [-0.39, 0.29) is 17.7 Å². The number of rotatable bonds is 0. The minimum absolute atomic E-state index is 0.113. The van der Waals surface area contributed by atoms with Crippen LogP contribution in [0.1, 0.15) is 30.2 Å². The molecule has 7 nitrogen and oxygen atoms in total. The number of carbonyl (C=O) groups excluding carboxylic acids is 1. The van der Waals surface area contributed by atoms with E-state index >= 15 is 0 Å². The van der Waals surface area contributed by atoms with Gasteiger partial charge < -0.3 is 23.9 Å². The number of hydrogen-bond donors (Lipinski definition) is 1. The Morgan fingerprint density at radius 3 is 2.71 bits per heavy atom. The van der Waals surface area contributed by atoms with Crippen LogP contribution in [0, 0.1) is 0 Å². The topological polar surface area (TPSA) is 87.0 Å². The van der Waals surface area contributed by atoms with Crippen LogP contribution in [0.15, 0.2) is 10.9 Å². The van der Waals surface area contributed by atoms with Gasteiger partial charge in [0.2, 0.25) is 5.79 Å². The zero-order valence-electron chi connectivity index (χ0n) is 11.5. The molecular formula is C14H15NO6. The second kappa shape index (κ2) is 3.94. The Bertz CT molecular complexity index is 698. The monoisotopic (exact) mass is 293 g/mol. The zero-order valence-corrected chi connectivity index (χ0v) is 11.5. The summed E-state index contributed by atoms with van der Waals surface area (Å²) in [5, 5.41) is 10.4. The van der Waals surface area contributed by atoms with E-state index in [1.165, 1.54) is 6.92 Å². The molecule has 0 aliphatic carbocycles. The molecule has 3 aliphatic rings. The van der Waals surface area contributed by atoms with Crippen LogP contribution in [0.3, 0.4) is 0 Å². The highest BCUT2D eigenvalue weighted by atomic mass is 16.7. The summed E-state index contributed by atoms with van der Waals surface area (Å²) >= 11 is 0. The Labute approximate surface area is 120 Å². The van der Waals surface area contributed by atoms with Crippen molar-refractivity contribution in [1.82, 2.24) is 4.57 Å². The molecule has 7 heteroatoms. The molecule has 1 N–H and O–H groups in total. The molecule has 4 rings (SSSR count). The number of hydrogen-bond acceptors (Lipinski definition) is 6. The van der Waals surface area contributed by atoms with E-state index in [0.717, 1.165) is 0 Å². The molecule has 4 heterocycles. The fourth-order valence-electron chi connectivity index (χ4n) is 3.32. The normalized spacial score (nSPS) is 29.3. The number of pyridine rings is 1. The van der Waals surface area contributed by atoms with Gasteiger partial charge in [0.1, 0.15) is 6.61 Å². The van der Waals surface area contributed by atoms with Crippen molar-refractivity contribution in [1.29, 1.82) is 0 Å². The molecule has 0 amide bonds. The first-order valence-corrected chi connectivity index (χ1v) is 6.91. The summed E-state index contributed by atoms with van der Waals surface area (Å²) in [6.07, 6.45) is 0.544. The first kappa shape index (κ1) is 13.0. The number of fused-ring (bicyclic) bond motifs is 3. The van der Waals surface area contributed by atoms with Crippen molar-refractivity contribution in [2.45, 2.75) is 37.9 Å². The van der Waals surface area contributed by atoms with Gasteiger partial charge in [-0.25, -0.2) is 4.79 Å². The maximum Gasteiger partial charge on any atom is 0.342 e. The molecule has 1 atom stereocenters. The summed E-state index contributed by atoms with van der Waals surface area (Å²) < 4.78 is 17.9. The summed E-state index contributed by atoms with van der Waals surface area (Å²) in [7, 11) is 0. The van der Waals surface area contributed by atoms with E-state index in [2.05, 4.69) is 0 Å². The second-order valence-electron chi connectivity index (χ2n) is 5.73. The number of carbonyl (C=O) groups is 1. The molecule has 1 aromatic heterocycles. The van der Waals surface area contributed by atoms with Gasteiger partial charge in [0, 0.05) is 18.5 Å². The smallest absolute Gasteiger partial charge is 0.342 e. The van der Waals surface area contributed by atoms with E-state index in [0.29, 0.717) is 37.4 Å². The van der Waals surface area contributed by atoms with Gasteiger partial charge >= 0.3 is 5.97 Å². The number of aliphatic hydroxyl groups is 1. The van der Waals surface area contributed by atoms with Gasteiger partial charge in [-0.2, -0.15) is 0 Å². The Kier molecular flexibility index (Phi) is 2.44. The van der Waals surface area contributed by atoms with Gasteiger partial charge in [0.05, 0.1) is 24.5 Å². The van der Waals surface area contributed by atoms with Crippen LogP contribution < -0.4 is 5.56 Å². The van der Waals surface area contributed by atoms with E-state index in [1.54, 1.807) is 10.6 Å². The van der Waals surface area contributed by atoms with Crippen LogP contribution in [-0.2, 0) is 43.5 Å². The highest BCUT2D eigenvalue weighted by Gasteiger charge is 2.49. The van der Waals surface area contributed by atoms with Crippen LogP contribution >= 0.6 is 0 Å². The lowest BCUT2D eigenvalue weighted by molar-refractivity contribution is -0.170. The number of ether oxygens (including phenoxy) is 3. The van der Waals surface area contributed by atoms with E-state index in [4.69, 9.17) is 14.2 Å². The predicted octanol–water partition coefficient (Wildman–Crippen LogP) is -0.284. The lowest BCUT2D eigenvalue weighted by Crippen LogP contribution is -2.43. The predicted molar refractivity (Wildman–Crippen MR) is 68.3 cm³/mol. The maximum atomic E-state index is 12.6. The van der Waals surface area contributed by atoms with Crippen molar-refractivity contribution in [3.63, 3.8) is 0 Å². The van der Waals surface area contributed by atoms with Gasteiger partial charge in [0.15, 0.2) is 5.60 Å². The maximum absolute atomic E-state index is 12.6. The third-order valence-electron chi connectivity index (χ3n) is 4.48. The SMILES string of the molecule is CC1(O)C(=O)OCc2c1cc1n(c2=O)CCC12OCCO2. The van der Waals surface area contributed by atoms with Crippen molar-refractivity contribution in [3.8, 4) is 0 Å². The van der Waals surface area contributed by atoms with Crippen molar-refractivity contribution < 1.29 is 24.1 Å². The summed E-state index contributed by atoms with van der Waals surface area (Å²) in [5.41, 5.74) is -0.913. The molecule has 0 bridgehead atoms. The largest absolute Gasteiger partial charge is 0.458 e. The number of esters is 1.